The van der Waals surface area contributed by atoms with Crippen molar-refractivity contribution < 1.29 is 23.1 Å². The van der Waals surface area contributed by atoms with E-state index < -0.39 is 22.0 Å². The zero-order valence-electron chi connectivity index (χ0n) is 19.4. The molecule has 188 valence electrons. The molecule has 0 heterocycles. The van der Waals surface area contributed by atoms with Gasteiger partial charge in [0, 0.05) is 5.56 Å². The van der Waals surface area contributed by atoms with Crippen molar-refractivity contribution in [2.45, 2.75) is 38.8 Å². The van der Waals surface area contributed by atoms with Crippen LogP contribution in [0, 0.1) is 5.41 Å². The van der Waals surface area contributed by atoms with Crippen molar-refractivity contribution in [2.24, 2.45) is 5.73 Å². The van der Waals surface area contributed by atoms with Crippen LogP contribution in [-0.4, -0.2) is 37.1 Å². The Hall–Kier alpha value is -3.14. The first-order chi connectivity index (χ1) is 16.2. The van der Waals surface area contributed by atoms with E-state index in [9.17, 15) is 18.3 Å². The summed E-state index contributed by atoms with van der Waals surface area (Å²) in [5, 5.41) is 18.8. The number of amidine groups is 1. The molecule has 0 bridgehead atoms. The molecule has 0 saturated carbocycles. The van der Waals surface area contributed by atoms with Gasteiger partial charge in [-0.3, -0.25) is 10.2 Å². The molecule has 8 nitrogen and oxygen atoms in total. The van der Waals surface area contributed by atoms with Crippen molar-refractivity contribution >= 4 is 45.0 Å². The van der Waals surface area contributed by atoms with E-state index in [1.54, 1.807) is 18.2 Å². The Morgan fingerprint density at radius 2 is 1.69 bits per heavy atom. The van der Waals surface area contributed by atoms with Crippen molar-refractivity contribution in [1.29, 1.82) is 5.41 Å². The van der Waals surface area contributed by atoms with Crippen molar-refractivity contribution in [2.75, 3.05) is 5.75 Å². The van der Waals surface area contributed by atoms with Gasteiger partial charge in [-0.1, -0.05) is 61.9 Å². The molecule has 35 heavy (non-hydrogen) atoms. The Labute approximate surface area is 211 Å². The molecule has 10 heteroatoms. The topological polar surface area (TPSA) is 143 Å². The van der Waals surface area contributed by atoms with Crippen LogP contribution in [0.25, 0.3) is 10.8 Å². The quantitative estimate of drug-likeness (QED) is 0.211. The number of carboxylic acid groups (broad SMARTS) is 1. The van der Waals surface area contributed by atoms with Crippen LogP contribution in [0.2, 0.25) is 0 Å². The van der Waals surface area contributed by atoms with Gasteiger partial charge in [-0.15, -0.1) is 12.4 Å². The van der Waals surface area contributed by atoms with Crippen LogP contribution in [0.3, 0.4) is 0 Å². The summed E-state index contributed by atoms with van der Waals surface area (Å²) in [6, 6.07) is 17.2. The standard InChI is InChI=1S/C25H29N3O5S.ClH/c1-2-3-12-34(31,32)28-23(25(29)30)14-18-6-9-21-15-22(11-10-20(21)13-18)33-16-17-4-7-19(8-5-17)24(26)27;/h4-11,13,15,23,28H,2-3,12,14,16H2,1H3,(H3,26,27)(H,29,30);1H. The van der Waals surface area contributed by atoms with Gasteiger partial charge < -0.3 is 15.6 Å². The minimum absolute atomic E-state index is 0. The fraction of sp³-hybridized carbons (Fsp3) is 0.280. The molecule has 0 spiro atoms. The molecule has 0 aliphatic carbocycles. The number of fused-ring (bicyclic) bond motifs is 1. The summed E-state index contributed by atoms with van der Waals surface area (Å²) < 4.78 is 32.5. The summed E-state index contributed by atoms with van der Waals surface area (Å²) in [5.41, 5.74) is 7.79. The van der Waals surface area contributed by atoms with E-state index in [-0.39, 0.29) is 30.4 Å². The Morgan fingerprint density at radius 1 is 1.06 bits per heavy atom. The number of hydrogen-bond donors (Lipinski definition) is 4. The highest BCUT2D eigenvalue weighted by atomic mass is 35.5. The van der Waals surface area contributed by atoms with E-state index in [1.165, 1.54) is 0 Å². The molecule has 1 atom stereocenters. The normalized spacial score (nSPS) is 12.0. The fourth-order valence-electron chi connectivity index (χ4n) is 3.46. The number of hydrogen-bond acceptors (Lipinski definition) is 5. The fourth-order valence-corrected chi connectivity index (χ4v) is 4.87. The average Bonchev–Trinajstić information content (AvgIpc) is 2.81. The number of carbonyl (C=O) groups is 1. The maximum Gasteiger partial charge on any atom is 0.322 e. The summed E-state index contributed by atoms with van der Waals surface area (Å²) in [6.07, 6.45) is 1.23. The average molecular weight is 520 g/mol. The van der Waals surface area contributed by atoms with Gasteiger partial charge in [0.15, 0.2) is 0 Å². The molecule has 5 N–H and O–H groups in total. The molecule has 3 aromatic carbocycles. The van der Waals surface area contributed by atoms with Gasteiger partial charge in [0.05, 0.1) is 5.75 Å². The third-order valence-electron chi connectivity index (χ3n) is 5.37. The number of nitrogen functional groups attached to an aromatic ring is 1. The van der Waals surface area contributed by atoms with E-state index in [2.05, 4.69) is 4.72 Å². The SMILES string of the molecule is CCCCS(=O)(=O)NC(Cc1ccc2cc(OCc3ccc(C(=N)N)cc3)ccc2c1)C(=O)O.Cl. The highest BCUT2D eigenvalue weighted by Crippen LogP contribution is 2.23. The number of rotatable bonds is 12. The monoisotopic (exact) mass is 519 g/mol. The zero-order valence-corrected chi connectivity index (χ0v) is 21.0. The number of nitrogens with two attached hydrogens (primary N) is 1. The Balaban J connectivity index is 0.00000432. The van der Waals surface area contributed by atoms with E-state index in [4.69, 9.17) is 15.9 Å². The largest absolute Gasteiger partial charge is 0.489 e. The summed E-state index contributed by atoms with van der Waals surface area (Å²) in [5.74, 6) is -0.595. The predicted molar refractivity (Wildman–Crippen MR) is 140 cm³/mol. The first kappa shape index (κ1) is 28.1. The Morgan fingerprint density at radius 3 is 2.31 bits per heavy atom. The number of aliphatic carboxylic acids is 1. The van der Waals surface area contributed by atoms with Crippen LogP contribution >= 0.6 is 12.4 Å². The van der Waals surface area contributed by atoms with E-state index >= 15 is 0 Å². The lowest BCUT2D eigenvalue weighted by Gasteiger charge is -2.15. The smallest absolute Gasteiger partial charge is 0.322 e. The number of carboxylic acids is 1. The first-order valence-electron chi connectivity index (χ1n) is 11.0. The lowest BCUT2D eigenvalue weighted by Crippen LogP contribution is -2.43. The number of nitrogens with one attached hydrogen (secondary N) is 2. The van der Waals surface area contributed by atoms with Crippen molar-refractivity contribution in [1.82, 2.24) is 4.72 Å². The second kappa shape index (κ2) is 12.5. The van der Waals surface area contributed by atoms with Crippen LogP contribution in [0.15, 0.2) is 60.7 Å². The lowest BCUT2D eigenvalue weighted by atomic mass is 10.0. The molecule has 1 unspecified atom stereocenters. The number of unbranched alkanes of at least 4 members (excludes halogenated alkanes) is 1. The molecule has 0 saturated heterocycles. The number of benzene rings is 3. The predicted octanol–water partition coefficient (Wildman–Crippen LogP) is 3.84. The second-order valence-electron chi connectivity index (χ2n) is 8.13. The minimum atomic E-state index is -3.66. The third-order valence-corrected chi connectivity index (χ3v) is 6.84. The molecular formula is C25H30ClN3O5S. The molecule has 0 amide bonds. The molecule has 0 aromatic heterocycles. The Bertz CT molecular complexity index is 1280. The number of sulfonamides is 1. The summed E-state index contributed by atoms with van der Waals surface area (Å²) in [6.45, 7) is 2.24. The maximum absolute atomic E-state index is 12.2. The molecule has 3 aromatic rings. The van der Waals surface area contributed by atoms with Gasteiger partial charge in [-0.2, -0.15) is 0 Å². The second-order valence-corrected chi connectivity index (χ2v) is 10.0. The summed E-state index contributed by atoms with van der Waals surface area (Å²) in [4.78, 5) is 11.6. The molecule has 0 aliphatic rings. The van der Waals surface area contributed by atoms with Crippen molar-refractivity contribution in [3.05, 3.63) is 77.4 Å². The van der Waals surface area contributed by atoms with Gasteiger partial charge in [-0.25, -0.2) is 13.1 Å². The van der Waals surface area contributed by atoms with E-state index in [0.717, 1.165) is 21.9 Å². The summed E-state index contributed by atoms with van der Waals surface area (Å²) >= 11 is 0. The van der Waals surface area contributed by atoms with E-state index in [0.29, 0.717) is 30.8 Å². The highest BCUT2D eigenvalue weighted by Gasteiger charge is 2.24. The van der Waals surface area contributed by atoms with Crippen LogP contribution in [-0.2, 0) is 27.8 Å². The minimum Gasteiger partial charge on any atom is -0.489 e. The van der Waals surface area contributed by atoms with Crippen LogP contribution in [0.4, 0.5) is 0 Å². The molecule has 0 aliphatic heterocycles. The first-order valence-corrected chi connectivity index (χ1v) is 12.6. The lowest BCUT2D eigenvalue weighted by molar-refractivity contribution is -0.138. The van der Waals surface area contributed by atoms with Gasteiger partial charge in [0.25, 0.3) is 0 Å². The van der Waals surface area contributed by atoms with Gasteiger partial charge in [0.1, 0.15) is 24.2 Å². The van der Waals surface area contributed by atoms with Gasteiger partial charge in [0.2, 0.25) is 10.0 Å². The molecule has 0 radical (unpaired) electrons. The van der Waals surface area contributed by atoms with Gasteiger partial charge >= 0.3 is 5.97 Å². The van der Waals surface area contributed by atoms with Crippen LogP contribution in [0.5, 0.6) is 5.75 Å². The van der Waals surface area contributed by atoms with Crippen molar-refractivity contribution in [3.8, 4) is 5.75 Å². The van der Waals surface area contributed by atoms with E-state index in [1.807, 2.05) is 49.4 Å². The van der Waals surface area contributed by atoms with Crippen molar-refractivity contribution in [3.63, 3.8) is 0 Å². The molecule has 3 rings (SSSR count). The molecular weight excluding hydrogens is 490 g/mol. The van der Waals surface area contributed by atoms with Gasteiger partial charge in [-0.05, 0) is 46.9 Å². The summed E-state index contributed by atoms with van der Waals surface area (Å²) in [7, 11) is -3.66. The van der Waals surface area contributed by atoms with Crippen LogP contribution in [0.1, 0.15) is 36.5 Å². The Kier molecular flexibility index (Phi) is 10.1. The zero-order chi connectivity index (χ0) is 24.7. The highest BCUT2D eigenvalue weighted by molar-refractivity contribution is 7.89. The number of ether oxygens (including phenoxy) is 1. The number of halogens is 1. The third kappa shape index (κ3) is 8.24. The maximum atomic E-state index is 12.2. The van der Waals surface area contributed by atoms with Crippen LogP contribution < -0.4 is 15.2 Å². The molecule has 0 fully saturated rings.